The van der Waals surface area contributed by atoms with Gasteiger partial charge in [0.1, 0.15) is 24.3 Å². The van der Waals surface area contributed by atoms with Crippen molar-refractivity contribution in [2.75, 3.05) is 13.2 Å². The molecule has 0 aliphatic carbocycles. The lowest BCUT2D eigenvalue weighted by Gasteiger charge is -2.12. The lowest BCUT2D eigenvalue weighted by Crippen LogP contribution is -2.31. The lowest BCUT2D eigenvalue weighted by molar-refractivity contribution is 0.106. The van der Waals surface area contributed by atoms with Gasteiger partial charge in [0.25, 0.3) is 0 Å². The summed E-state index contributed by atoms with van der Waals surface area (Å²) in [7, 11) is 0. The number of nitrogens with zero attached hydrogens (tertiary/aromatic N) is 1. The number of benzene rings is 1. The molecule has 1 aromatic heterocycles. The first-order valence-corrected chi connectivity index (χ1v) is 5.99. The van der Waals surface area contributed by atoms with Gasteiger partial charge in [0.15, 0.2) is 0 Å². The van der Waals surface area contributed by atoms with Crippen molar-refractivity contribution < 1.29 is 14.2 Å². The number of rotatable bonds is 7. The third-order valence-electron chi connectivity index (χ3n) is 2.51. The zero-order chi connectivity index (χ0) is 13.5. The first-order chi connectivity index (χ1) is 9.24. The van der Waals surface area contributed by atoms with E-state index in [4.69, 9.17) is 4.74 Å². The van der Waals surface area contributed by atoms with Crippen molar-refractivity contribution in [3.8, 4) is 5.75 Å². The summed E-state index contributed by atoms with van der Waals surface area (Å²) < 4.78 is 18.0. The van der Waals surface area contributed by atoms with Gasteiger partial charge in [-0.05, 0) is 30.3 Å². The van der Waals surface area contributed by atoms with Crippen LogP contribution in [0.5, 0.6) is 5.75 Å². The molecule has 1 heterocycles. The van der Waals surface area contributed by atoms with Gasteiger partial charge in [-0.1, -0.05) is 0 Å². The molecule has 2 rings (SSSR count). The van der Waals surface area contributed by atoms with E-state index in [2.05, 4.69) is 15.5 Å². The maximum absolute atomic E-state index is 12.7. The van der Waals surface area contributed by atoms with Crippen LogP contribution >= 0.6 is 0 Å². The van der Waals surface area contributed by atoms with E-state index in [-0.39, 0.29) is 12.4 Å². The number of aromatic amines is 1. The molecule has 19 heavy (non-hydrogen) atoms. The number of ether oxygens (including phenoxy) is 1. The minimum absolute atomic E-state index is 0.154. The number of aromatic nitrogens is 2. The number of hydrogen-bond acceptors (Lipinski definition) is 4. The van der Waals surface area contributed by atoms with Gasteiger partial charge in [-0.3, -0.25) is 5.10 Å². The van der Waals surface area contributed by atoms with Gasteiger partial charge in [0, 0.05) is 25.0 Å². The number of nitrogens with one attached hydrogen (secondary N) is 2. The maximum Gasteiger partial charge on any atom is 0.123 e. The van der Waals surface area contributed by atoms with Crippen LogP contribution in [0.3, 0.4) is 0 Å². The Morgan fingerprint density at radius 1 is 1.32 bits per heavy atom. The highest BCUT2D eigenvalue weighted by atomic mass is 19.1. The van der Waals surface area contributed by atoms with Gasteiger partial charge in [0.2, 0.25) is 0 Å². The van der Waals surface area contributed by atoms with E-state index < -0.39 is 6.10 Å². The third kappa shape index (κ3) is 4.69. The summed E-state index contributed by atoms with van der Waals surface area (Å²) in [6, 6.07) is 7.55. The van der Waals surface area contributed by atoms with Crippen LogP contribution in [0, 0.1) is 5.82 Å². The van der Waals surface area contributed by atoms with E-state index in [1.165, 1.54) is 24.3 Å². The van der Waals surface area contributed by atoms with E-state index in [1.54, 1.807) is 6.20 Å². The predicted molar refractivity (Wildman–Crippen MR) is 68.2 cm³/mol. The number of H-pyrrole nitrogens is 1. The molecule has 0 saturated heterocycles. The molecule has 0 spiro atoms. The molecule has 102 valence electrons. The molecule has 3 N–H and O–H groups in total. The Morgan fingerprint density at radius 3 is 2.79 bits per heavy atom. The Morgan fingerprint density at radius 2 is 2.11 bits per heavy atom. The van der Waals surface area contributed by atoms with Crippen molar-refractivity contribution in [3.63, 3.8) is 0 Å². The topological polar surface area (TPSA) is 70.2 Å². The highest BCUT2D eigenvalue weighted by Gasteiger charge is 2.05. The summed E-state index contributed by atoms with van der Waals surface area (Å²) in [6.07, 6.45) is 1.04. The molecule has 0 aliphatic rings. The Hall–Kier alpha value is -1.92. The van der Waals surface area contributed by atoms with Gasteiger partial charge in [-0.25, -0.2) is 4.39 Å². The monoisotopic (exact) mass is 265 g/mol. The summed E-state index contributed by atoms with van der Waals surface area (Å²) in [4.78, 5) is 0. The fourth-order valence-corrected chi connectivity index (χ4v) is 1.54. The quantitative estimate of drug-likeness (QED) is 0.700. The molecule has 5 nitrogen and oxygen atoms in total. The SMILES string of the molecule is OC(CNCc1ccn[nH]1)COc1ccc(F)cc1. The standard InChI is InChI=1S/C13H16FN3O2/c14-10-1-3-13(4-2-10)19-9-12(18)8-15-7-11-5-6-16-17-11/h1-6,12,15,18H,7-9H2,(H,16,17). The minimum Gasteiger partial charge on any atom is -0.491 e. The van der Waals surface area contributed by atoms with Crippen LogP contribution in [-0.2, 0) is 6.54 Å². The third-order valence-corrected chi connectivity index (χ3v) is 2.51. The van der Waals surface area contributed by atoms with E-state index in [0.29, 0.717) is 18.8 Å². The van der Waals surface area contributed by atoms with Crippen LogP contribution in [-0.4, -0.2) is 34.6 Å². The second-order valence-electron chi connectivity index (χ2n) is 4.13. The molecule has 0 fully saturated rings. The van der Waals surface area contributed by atoms with E-state index in [1.807, 2.05) is 6.07 Å². The maximum atomic E-state index is 12.7. The fourth-order valence-electron chi connectivity index (χ4n) is 1.54. The molecule has 1 atom stereocenters. The summed E-state index contributed by atoms with van der Waals surface area (Å²) in [5, 5.41) is 19.4. The van der Waals surface area contributed by atoms with Gasteiger partial charge in [0.05, 0.1) is 0 Å². The normalized spacial score (nSPS) is 12.3. The number of hydrogen-bond donors (Lipinski definition) is 3. The molecule has 0 radical (unpaired) electrons. The van der Waals surface area contributed by atoms with E-state index >= 15 is 0 Å². The Kier molecular flexibility index (Phi) is 4.88. The Bertz CT molecular complexity index is 473. The van der Waals surface area contributed by atoms with E-state index in [0.717, 1.165) is 5.69 Å². The molecule has 0 amide bonds. The zero-order valence-electron chi connectivity index (χ0n) is 10.3. The van der Waals surface area contributed by atoms with Crippen LogP contribution in [0.15, 0.2) is 36.5 Å². The van der Waals surface area contributed by atoms with Gasteiger partial charge >= 0.3 is 0 Å². The van der Waals surface area contributed by atoms with Crippen LogP contribution < -0.4 is 10.1 Å². The zero-order valence-corrected chi connectivity index (χ0v) is 10.3. The fraction of sp³-hybridized carbons (Fsp3) is 0.308. The van der Waals surface area contributed by atoms with Crippen molar-refractivity contribution in [1.29, 1.82) is 0 Å². The van der Waals surface area contributed by atoms with Crippen LogP contribution in [0.25, 0.3) is 0 Å². The van der Waals surface area contributed by atoms with Crippen LogP contribution in [0.4, 0.5) is 4.39 Å². The summed E-state index contributed by atoms with van der Waals surface area (Å²) in [6.45, 7) is 1.16. The molecular formula is C13H16FN3O2. The van der Waals surface area contributed by atoms with Crippen molar-refractivity contribution >= 4 is 0 Å². The van der Waals surface area contributed by atoms with Gasteiger partial charge < -0.3 is 15.2 Å². The average Bonchev–Trinajstić information content (AvgIpc) is 2.91. The van der Waals surface area contributed by atoms with Crippen molar-refractivity contribution in [2.45, 2.75) is 12.6 Å². The average molecular weight is 265 g/mol. The van der Waals surface area contributed by atoms with Crippen LogP contribution in [0.1, 0.15) is 5.69 Å². The molecule has 1 aromatic carbocycles. The van der Waals surface area contributed by atoms with E-state index in [9.17, 15) is 9.50 Å². The molecule has 2 aromatic rings. The minimum atomic E-state index is -0.632. The summed E-state index contributed by atoms with van der Waals surface area (Å²) in [5.74, 6) is 0.225. The Labute approximate surface area is 110 Å². The molecule has 6 heteroatoms. The molecule has 1 unspecified atom stereocenters. The molecular weight excluding hydrogens is 249 g/mol. The molecule has 0 aliphatic heterocycles. The first kappa shape index (κ1) is 13.5. The van der Waals surface area contributed by atoms with Crippen molar-refractivity contribution in [3.05, 3.63) is 48.0 Å². The lowest BCUT2D eigenvalue weighted by atomic mass is 10.3. The molecule has 0 saturated carbocycles. The number of aliphatic hydroxyl groups is 1. The van der Waals surface area contributed by atoms with Gasteiger partial charge in [-0.2, -0.15) is 5.10 Å². The summed E-state index contributed by atoms with van der Waals surface area (Å²) >= 11 is 0. The van der Waals surface area contributed by atoms with Crippen LogP contribution in [0.2, 0.25) is 0 Å². The first-order valence-electron chi connectivity index (χ1n) is 5.99. The van der Waals surface area contributed by atoms with Crippen molar-refractivity contribution in [2.24, 2.45) is 0 Å². The largest absolute Gasteiger partial charge is 0.491 e. The summed E-state index contributed by atoms with van der Waals surface area (Å²) in [5.41, 5.74) is 0.951. The smallest absolute Gasteiger partial charge is 0.123 e. The highest BCUT2D eigenvalue weighted by Crippen LogP contribution is 2.11. The van der Waals surface area contributed by atoms with Gasteiger partial charge in [-0.15, -0.1) is 0 Å². The highest BCUT2D eigenvalue weighted by molar-refractivity contribution is 5.22. The van der Waals surface area contributed by atoms with Crippen molar-refractivity contribution in [1.82, 2.24) is 15.5 Å². The second kappa shape index (κ2) is 6.86. The molecule has 0 bridgehead atoms. The second-order valence-corrected chi connectivity index (χ2v) is 4.13. The number of aliphatic hydroxyl groups excluding tert-OH is 1. The predicted octanol–water partition coefficient (Wildman–Crippen LogP) is 1.08. The Balaban J connectivity index is 1.64. The number of halogens is 1.